The molecule has 6 rings (SSSR count). The van der Waals surface area contributed by atoms with Crippen molar-refractivity contribution in [1.82, 2.24) is 29.9 Å². The maximum absolute atomic E-state index is 14.2. The third kappa shape index (κ3) is 6.18. The first-order valence-corrected chi connectivity index (χ1v) is 14.4. The predicted octanol–water partition coefficient (Wildman–Crippen LogP) is 4.33. The molecule has 2 fully saturated rings. The van der Waals surface area contributed by atoms with Gasteiger partial charge in [0.15, 0.2) is 17.1 Å². The monoisotopic (exact) mass is 607 g/mol. The van der Waals surface area contributed by atoms with E-state index in [1.165, 1.54) is 12.1 Å². The molecule has 0 atom stereocenters. The van der Waals surface area contributed by atoms with E-state index in [4.69, 9.17) is 0 Å². The fraction of sp³-hybridized carbons (Fsp3) is 0.355. The maximum atomic E-state index is 14.2. The lowest BCUT2D eigenvalue weighted by Gasteiger charge is -2.36. The summed E-state index contributed by atoms with van der Waals surface area (Å²) in [5, 5.41) is 8.89. The van der Waals surface area contributed by atoms with E-state index in [0.29, 0.717) is 43.0 Å². The minimum atomic E-state index is -2.89. The summed E-state index contributed by atoms with van der Waals surface area (Å²) in [5.74, 6) is 0.0844. The SMILES string of the molecule is Cc1cc(Nc2nccn3c(-c4ccc(OC(F)F)cc4)cnc23)ccc1C(=O)N1CCC(C(=O)NCC2(F)CNC2)CC1. The minimum Gasteiger partial charge on any atom is -0.435 e. The summed E-state index contributed by atoms with van der Waals surface area (Å²) in [7, 11) is 0. The van der Waals surface area contributed by atoms with Crippen LogP contribution >= 0.6 is 0 Å². The smallest absolute Gasteiger partial charge is 0.387 e. The predicted molar refractivity (Wildman–Crippen MR) is 158 cm³/mol. The number of fused-ring (bicyclic) bond motifs is 1. The highest BCUT2D eigenvalue weighted by atomic mass is 19.3. The quantitative estimate of drug-likeness (QED) is 0.260. The van der Waals surface area contributed by atoms with E-state index in [1.807, 2.05) is 17.4 Å². The van der Waals surface area contributed by atoms with E-state index in [0.717, 1.165) is 22.5 Å². The Kier molecular flexibility index (Phi) is 8.13. The van der Waals surface area contributed by atoms with Crippen molar-refractivity contribution in [3.63, 3.8) is 0 Å². The van der Waals surface area contributed by atoms with Gasteiger partial charge in [-0.15, -0.1) is 0 Å². The molecular formula is C31H32F3N7O3. The zero-order valence-electron chi connectivity index (χ0n) is 24.0. The molecule has 0 radical (unpaired) electrons. The number of aromatic nitrogens is 3. The summed E-state index contributed by atoms with van der Waals surface area (Å²) in [5.41, 5.74) is 2.78. The lowest BCUT2D eigenvalue weighted by Crippen LogP contribution is -2.62. The van der Waals surface area contributed by atoms with Gasteiger partial charge in [-0.2, -0.15) is 8.78 Å². The van der Waals surface area contributed by atoms with Gasteiger partial charge in [-0.1, -0.05) is 0 Å². The van der Waals surface area contributed by atoms with Crippen molar-refractivity contribution in [2.45, 2.75) is 32.0 Å². The molecular weight excluding hydrogens is 575 g/mol. The largest absolute Gasteiger partial charge is 0.435 e. The zero-order chi connectivity index (χ0) is 30.8. The van der Waals surface area contributed by atoms with E-state index < -0.39 is 12.3 Å². The van der Waals surface area contributed by atoms with Crippen LogP contribution in [0.5, 0.6) is 5.75 Å². The Morgan fingerprint density at radius 1 is 1.11 bits per heavy atom. The molecule has 2 aromatic carbocycles. The number of carbonyl (C=O) groups is 2. The number of rotatable bonds is 9. The first-order chi connectivity index (χ1) is 21.2. The Bertz CT molecular complexity index is 1670. The number of anilines is 2. The van der Waals surface area contributed by atoms with Crippen molar-refractivity contribution < 1.29 is 27.5 Å². The van der Waals surface area contributed by atoms with Crippen LogP contribution in [0.1, 0.15) is 28.8 Å². The second-order valence-corrected chi connectivity index (χ2v) is 11.2. The van der Waals surface area contributed by atoms with Gasteiger partial charge >= 0.3 is 6.61 Å². The Morgan fingerprint density at radius 2 is 1.86 bits per heavy atom. The molecule has 44 heavy (non-hydrogen) atoms. The van der Waals surface area contributed by atoms with Crippen molar-refractivity contribution in [1.29, 1.82) is 0 Å². The number of carbonyl (C=O) groups excluding carboxylic acids is 2. The zero-order valence-corrected chi connectivity index (χ0v) is 24.0. The fourth-order valence-corrected chi connectivity index (χ4v) is 5.57. The summed E-state index contributed by atoms with van der Waals surface area (Å²) in [6.07, 6.45) is 6.13. The van der Waals surface area contributed by atoms with Crippen LogP contribution in [-0.2, 0) is 4.79 Å². The van der Waals surface area contributed by atoms with Gasteiger partial charge in [-0.3, -0.25) is 14.0 Å². The second-order valence-electron chi connectivity index (χ2n) is 11.2. The van der Waals surface area contributed by atoms with Gasteiger partial charge in [0, 0.05) is 61.3 Å². The van der Waals surface area contributed by atoms with Crippen molar-refractivity contribution in [3.8, 4) is 17.0 Å². The molecule has 2 aliphatic rings. The number of likely N-dealkylation sites (tertiary alicyclic amines) is 1. The van der Waals surface area contributed by atoms with E-state index >= 15 is 0 Å². The summed E-state index contributed by atoms with van der Waals surface area (Å²) < 4.78 is 45.5. The molecule has 0 spiro atoms. The Morgan fingerprint density at radius 3 is 2.52 bits per heavy atom. The summed E-state index contributed by atoms with van der Waals surface area (Å²) in [4.78, 5) is 36.6. The Labute approximate surface area is 251 Å². The molecule has 2 aliphatic heterocycles. The van der Waals surface area contributed by atoms with Crippen molar-refractivity contribution >= 4 is 29.0 Å². The first kappa shape index (κ1) is 29.4. The molecule has 2 saturated heterocycles. The molecule has 0 unspecified atom stereocenters. The molecule has 13 heteroatoms. The first-order valence-electron chi connectivity index (χ1n) is 14.4. The molecule has 2 aromatic heterocycles. The molecule has 0 aliphatic carbocycles. The molecule has 3 N–H and O–H groups in total. The molecule has 230 valence electrons. The number of piperidine rings is 1. The van der Waals surface area contributed by atoms with Crippen LogP contribution in [0.2, 0.25) is 0 Å². The lowest BCUT2D eigenvalue weighted by atomic mass is 9.94. The number of nitrogens with zero attached hydrogens (tertiary/aromatic N) is 4. The normalized spacial score (nSPS) is 16.5. The van der Waals surface area contributed by atoms with Gasteiger partial charge in [-0.25, -0.2) is 14.4 Å². The van der Waals surface area contributed by atoms with Crippen molar-refractivity contribution in [2.75, 3.05) is 38.0 Å². The number of aryl methyl sites for hydroxylation is 1. The van der Waals surface area contributed by atoms with E-state index in [1.54, 1.807) is 47.8 Å². The minimum absolute atomic E-state index is 0.0124. The van der Waals surface area contributed by atoms with Crippen molar-refractivity contribution in [3.05, 3.63) is 72.2 Å². The van der Waals surface area contributed by atoms with Crippen LogP contribution in [0, 0.1) is 12.8 Å². The molecule has 2 amide bonds. The number of benzene rings is 2. The number of ether oxygens (including phenoxy) is 1. The molecule has 4 heterocycles. The van der Waals surface area contributed by atoms with E-state index in [-0.39, 0.29) is 43.1 Å². The van der Waals surface area contributed by atoms with Gasteiger partial charge in [0.25, 0.3) is 5.91 Å². The number of hydrogen-bond acceptors (Lipinski definition) is 7. The number of amides is 2. The van der Waals surface area contributed by atoms with Gasteiger partial charge in [0.2, 0.25) is 5.91 Å². The van der Waals surface area contributed by atoms with Gasteiger partial charge < -0.3 is 25.6 Å². The van der Waals surface area contributed by atoms with Crippen LogP contribution in [0.3, 0.4) is 0 Å². The topological polar surface area (TPSA) is 113 Å². The third-order valence-corrected chi connectivity index (χ3v) is 8.14. The summed E-state index contributed by atoms with van der Waals surface area (Å²) in [6, 6.07) is 11.8. The third-order valence-electron chi connectivity index (χ3n) is 8.14. The number of hydrogen-bond donors (Lipinski definition) is 3. The average Bonchev–Trinajstić information content (AvgIpc) is 3.44. The van der Waals surface area contributed by atoms with Gasteiger partial charge in [-0.05, 0) is 67.8 Å². The molecule has 10 nitrogen and oxygen atoms in total. The standard InChI is InChI=1S/C31H32F3N7O3/c1-19-14-22(4-7-24(19)29(43)40-11-8-21(9-12-40)28(42)38-18-31(34)16-35-17-31)39-26-27-37-15-25(41(27)13-10-36-26)20-2-5-23(6-3-20)44-30(32)33/h2-7,10,13-15,21,30,35H,8-9,11-12,16-18H2,1H3,(H,36,39)(H,38,42). The molecule has 4 aromatic rings. The van der Waals surface area contributed by atoms with Crippen LogP contribution in [0.4, 0.5) is 24.7 Å². The highest BCUT2D eigenvalue weighted by molar-refractivity contribution is 5.96. The maximum Gasteiger partial charge on any atom is 0.387 e. The van der Waals surface area contributed by atoms with Gasteiger partial charge in [0.05, 0.1) is 18.4 Å². The summed E-state index contributed by atoms with van der Waals surface area (Å²) in [6.45, 7) is 0.401. The van der Waals surface area contributed by atoms with Crippen LogP contribution < -0.4 is 20.7 Å². The molecule has 0 bridgehead atoms. The number of halogens is 3. The fourth-order valence-electron chi connectivity index (χ4n) is 5.57. The number of imidazole rings is 1. The van der Waals surface area contributed by atoms with Crippen LogP contribution in [0.15, 0.2) is 61.1 Å². The number of nitrogens with one attached hydrogen (secondary N) is 3. The Balaban J connectivity index is 1.09. The molecule has 0 saturated carbocycles. The average molecular weight is 608 g/mol. The van der Waals surface area contributed by atoms with Crippen LogP contribution in [0.25, 0.3) is 16.9 Å². The number of alkyl halides is 3. The highest BCUT2D eigenvalue weighted by Crippen LogP contribution is 2.28. The van der Waals surface area contributed by atoms with E-state index in [2.05, 4.69) is 30.7 Å². The highest BCUT2D eigenvalue weighted by Gasteiger charge is 2.38. The van der Waals surface area contributed by atoms with E-state index in [9.17, 15) is 22.8 Å². The lowest BCUT2D eigenvalue weighted by molar-refractivity contribution is -0.127. The van der Waals surface area contributed by atoms with Gasteiger partial charge in [0.1, 0.15) is 5.75 Å². The second kappa shape index (κ2) is 12.2. The Hall–Kier alpha value is -4.65. The van der Waals surface area contributed by atoms with Crippen molar-refractivity contribution in [2.24, 2.45) is 5.92 Å². The summed E-state index contributed by atoms with van der Waals surface area (Å²) >= 11 is 0. The van der Waals surface area contributed by atoms with Crippen LogP contribution in [-0.4, -0.2) is 76.1 Å².